The standard InChI is InChI=1S/C22H25NO2S/c1-3-25-14-6-13-23-22(24)21-19(15-17-11-9-16(2)10-12-17)18-7-4-5-8-20(18)26-21/h4-5,7-12H,3,6,13-15H2,1-2H3,(H,23,24). The van der Waals surface area contributed by atoms with E-state index in [-0.39, 0.29) is 5.91 Å². The highest BCUT2D eigenvalue weighted by atomic mass is 32.1. The van der Waals surface area contributed by atoms with Crippen molar-refractivity contribution in [3.63, 3.8) is 0 Å². The summed E-state index contributed by atoms with van der Waals surface area (Å²) >= 11 is 1.58. The molecule has 0 saturated heterocycles. The van der Waals surface area contributed by atoms with Gasteiger partial charge < -0.3 is 10.1 Å². The maximum absolute atomic E-state index is 12.8. The second-order valence-corrected chi connectivity index (χ2v) is 7.43. The number of hydrogen-bond donors (Lipinski definition) is 1. The van der Waals surface area contributed by atoms with Gasteiger partial charge in [0.05, 0.1) is 4.88 Å². The van der Waals surface area contributed by atoms with Gasteiger partial charge in [0.25, 0.3) is 5.91 Å². The lowest BCUT2D eigenvalue weighted by Crippen LogP contribution is -2.25. The van der Waals surface area contributed by atoms with Crippen molar-refractivity contribution in [3.8, 4) is 0 Å². The van der Waals surface area contributed by atoms with Gasteiger partial charge in [0.15, 0.2) is 0 Å². The molecule has 136 valence electrons. The molecule has 0 atom stereocenters. The van der Waals surface area contributed by atoms with Crippen molar-refractivity contribution < 1.29 is 9.53 Å². The molecule has 2 aromatic carbocycles. The number of fused-ring (bicyclic) bond motifs is 1. The Hall–Kier alpha value is -2.17. The molecule has 26 heavy (non-hydrogen) atoms. The lowest BCUT2D eigenvalue weighted by atomic mass is 10.0. The predicted octanol–water partition coefficient (Wildman–Crippen LogP) is 4.96. The maximum atomic E-state index is 12.8. The molecule has 1 N–H and O–H groups in total. The molecule has 0 spiro atoms. The van der Waals surface area contributed by atoms with Crippen molar-refractivity contribution in [1.82, 2.24) is 5.32 Å². The van der Waals surface area contributed by atoms with Gasteiger partial charge in [-0.2, -0.15) is 0 Å². The third kappa shape index (κ3) is 4.51. The Bertz CT molecular complexity index is 867. The summed E-state index contributed by atoms with van der Waals surface area (Å²) in [5.74, 6) is 0.0183. The highest BCUT2D eigenvalue weighted by Gasteiger charge is 2.18. The smallest absolute Gasteiger partial charge is 0.261 e. The Morgan fingerprint density at radius 3 is 2.65 bits per heavy atom. The van der Waals surface area contributed by atoms with Crippen LogP contribution in [-0.4, -0.2) is 25.7 Å². The van der Waals surface area contributed by atoms with E-state index in [2.05, 4.69) is 48.6 Å². The van der Waals surface area contributed by atoms with Crippen LogP contribution in [0.4, 0.5) is 0 Å². The molecule has 0 aliphatic carbocycles. The van der Waals surface area contributed by atoms with Crippen molar-refractivity contribution in [2.45, 2.75) is 26.7 Å². The lowest BCUT2D eigenvalue weighted by Gasteiger charge is -2.08. The van der Waals surface area contributed by atoms with Crippen LogP contribution in [0.25, 0.3) is 10.1 Å². The highest BCUT2D eigenvalue weighted by molar-refractivity contribution is 7.21. The molecule has 0 radical (unpaired) electrons. The first-order valence-corrected chi connectivity index (χ1v) is 9.92. The van der Waals surface area contributed by atoms with Crippen LogP contribution in [0.15, 0.2) is 48.5 Å². The second-order valence-electron chi connectivity index (χ2n) is 6.37. The van der Waals surface area contributed by atoms with E-state index in [4.69, 9.17) is 4.74 Å². The Kier molecular flexibility index (Phi) is 6.42. The zero-order chi connectivity index (χ0) is 18.4. The van der Waals surface area contributed by atoms with Gasteiger partial charge in [-0.25, -0.2) is 0 Å². The van der Waals surface area contributed by atoms with Crippen molar-refractivity contribution in [1.29, 1.82) is 0 Å². The fourth-order valence-corrected chi connectivity index (χ4v) is 4.11. The number of rotatable bonds is 8. The van der Waals surface area contributed by atoms with Gasteiger partial charge in [0.2, 0.25) is 0 Å². The molecule has 0 unspecified atom stereocenters. The van der Waals surface area contributed by atoms with Gasteiger partial charge in [-0.15, -0.1) is 11.3 Å². The minimum absolute atomic E-state index is 0.0183. The topological polar surface area (TPSA) is 38.3 Å². The minimum Gasteiger partial charge on any atom is -0.382 e. The van der Waals surface area contributed by atoms with Gasteiger partial charge in [-0.1, -0.05) is 48.0 Å². The Balaban J connectivity index is 1.82. The molecule has 3 aromatic rings. The van der Waals surface area contributed by atoms with Crippen LogP contribution in [0.1, 0.15) is 39.7 Å². The van der Waals surface area contributed by atoms with Crippen LogP contribution in [0.2, 0.25) is 0 Å². The SMILES string of the molecule is CCOCCCNC(=O)c1sc2ccccc2c1Cc1ccc(C)cc1. The van der Waals surface area contributed by atoms with E-state index in [0.717, 1.165) is 28.0 Å². The Morgan fingerprint density at radius 2 is 1.88 bits per heavy atom. The first kappa shape index (κ1) is 18.6. The normalized spacial score (nSPS) is 11.0. The molecule has 0 fully saturated rings. The quantitative estimate of drug-likeness (QED) is 0.572. The minimum atomic E-state index is 0.0183. The fourth-order valence-electron chi connectivity index (χ4n) is 2.97. The van der Waals surface area contributed by atoms with Crippen molar-refractivity contribution in [3.05, 3.63) is 70.1 Å². The Labute approximate surface area is 159 Å². The van der Waals surface area contributed by atoms with Gasteiger partial charge in [-0.3, -0.25) is 4.79 Å². The molecule has 0 bridgehead atoms. The second kappa shape index (κ2) is 8.97. The molecule has 0 aliphatic rings. The molecule has 3 nitrogen and oxygen atoms in total. The third-order valence-electron chi connectivity index (χ3n) is 4.36. The lowest BCUT2D eigenvalue weighted by molar-refractivity contribution is 0.0947. The zero-order valence-electron chi connectivity index (χ0n) is 15.4. The van der Waals surface area contributed by atoms with Crippen molar-refractivity contribution in [2.75, 3.05) is 19.8 Å². The predicted molar refractivity (Wildman–Crippen MR) is 109 cm³/mol. The Morgan fingerprint density at radius 1 is 1.12 bits per heavy atom. The summed E-state index contributed by atoms with van der Waals surface area (Å²) < 4.78 is 6.49. The van der Waals surface area contributed by atoms with Crippen LogP contribution in [0.3, 0.4) is 0 Å². The van der Waals surface area contributed by atoms with E-state index in [9.17, 15) is 4.79 Å². The van der Waals surface area contributed by atoms with Crippen molar-refractivity contribution >= 4 is 27.3 Å². The van der Waals surface area contributed by atoms with E-state index in [0.29, 0.717) is 19.8 Å². The van der Waals surface area contributed by atoms with Crippen LogP contribution in [-0.2, 0) is 11.2 Å². The molecule has 1 amide bonds. The van der Waals surface area contributed by atoms with Crippen LogP contribution < -0.4 is 5.32 Å². The number of benzene rings is 2. The largest absolute Gasteiger partial charge is 0.382 e. The van der Waals surface area contributed by atoms with Crippen LogP contribution in [0, 0.1) is 6.92 Å². The number of aryl methyl sites for hydroxylation is 1. The number of ether oxygens (including phenoxy) is 1. The van der Waals surface area contributed by atoms with Gasteiger partial charge in [0.1, 0.15) is 0 Å². The first-order valence-electron chi connectivity index (χ1n) is 9.11. The summed E-state index contributed by atoms with van der Waals surface area (Å²) in [4.78, 5) is 13.6. The molecular formula is C22H25NO2S. The monoisotopic (exact) mass is 367 g/mol. The molecule has 1 aromatic heterocycles. The summed E-state index contributed by atoms with van der Waals surface area (Å²) in [5, 5.41) is 4.22. The number of hydrogen-bond acceptors (Lipinski definition) is 3. The molecule has 0 aliphatic heterocycles. The van der Waals surface area contributed by atoms with E-state index < -0.39 is 0 Å². The molecule has 3 rings (SSSR count). The fraction of sp³-hybridized carbons (Fsp3) is 0.318. The first-order chi connectivity index (χ1) is 12.7. The third-order valence-corrected chi connectivity index (χ3v) is 5.57. The number of carbonyl (C=O) groups is 1. The van der Waals surface area contributed by atoms with Crippen molar-refractivity contribution in [2.24, 2.45) is 0 Å². The summed E-state index contributed by atoms with van der Waals surface area (Å²) in [6.07, 6.45) is 1.60. The zero-order valence-corrected chi connectivity index (χ0v) is 16.2. The molecule has 4 heteroatoms. The van der Waals surface area contributed by atoms with E-state index >= 15 is 0 Å². The van der Waals surface area contributed by atoms with Gasteiger partial charge in [0, 0.05) is 24.5 Å². The average molecular weight is 368 g/mol. The van der Waals surface area contributed by atoms with E-state index in [1.54, 1.807) is 11.3 Å². The van der Waals surface area contributed by atoms with Gasteiger partial charge in [-0.05, 0) is 49.3 Å². The number of amides is 1. The average Bonchev–Trinajstić information content (AvgIpc) is 3.02. The van der Waals surface area contributed by atoms with Crippen LogP contribution >= 0.6 is 11.3 Å². The molecular weight excluding hydrogens is 342 g/mol. The highest BCUT2D eigenvalue weighted by Crippen LogP contribution is 2.33. The van der Waals surface area contributed by atoms with E-state index in [1.165, 1.54) is 16.5 Å². The molecule has 1 heterocycles. The summed E-state index contributed by atoms with van der Waals surface area (Å²) in [6.45, 7) is 6.10. The van der Waals surface area contributed by atoms with Gasteiger partial charge >= 0.3 is 0 Å². The summed E-state index contributed by atoms with van der Waals surface area (Å²) in [6, 6.07) is 16.8. The van der Waals surface area contributed by atoms with E-state index in [1.807, 2.05) is 19.1 Å². The summed E-state index contributed by atoms with van der Waals surface area (Å²) in [5.41, 5.74) is 3.59. The molecule has 0 saturated carbocycles. The number of nitrogens with one attached hydrogen (secondary N) is 1. The number of carbonyl (C=O) groups excluding carboxylic acids is 1. The number of thiophene rings is 1. The maximum Gasteiger partial charge on any atom is 0.261 e. The summed E-state index contributed by atoms with van der Waals surface area (Å²) in [7, 11) is 0. The van der Waals surface area contributed by atoms with Crippen LogP contribution in [0.5, 0.6) is 0 Å².